The van der Waals surface area contributed by atoms with Crippen LogP contribution in [0.25, 0.3) is 0 Å². The smallest absolute Gasteiger partial charge is 0.261 e. The number of carbonyl (C=O) groups is 1. The average Bonchev–Trinajstić information content (AvgIpc) is 2.63. The van der Waals surface area contributed by atoms with E-state index in [1.807, 2.05) is 19.9 Å². The molecule has 26 heavy (non-hydrogen) atoms. The molecule has 0 aliphatic carbocycles. The zero-order chi connectivity index (χ0) is 18.9. The number of carbonyl (C=O) groups excluding carboxylic acids is 1. The maximum Gasteiger partial charge on any atom is 0.261 e. The summed E-state index contributed by atoms with van der Waals surface area (Å²) < 4.78 is 29.1. The molecule has 0 unspecified atom stereocenters. The van der Waals surface area contributed by atoms with Gasteiger partial charge in [0, 0.05) is 28.8 Å². The Hall–Kier alpha value is -1.86. The number of halogens is 1. The van der Waals surface area contributed by atoms with E-state index in [0.717, 1.165) is 34.1 Å². The van der Waals surface area contributed by atoms with Crippen molar-refractivity contribution in [3.63, 3.8) is 0 Å². The van der Waals surface area contributed by atoms with Crippen molar-refractivity contribution >= 4 is 43.2 Å². The topological polar surface area (TPSA) is 66.5 Å². The van der Waals surface area contributed by atoms with Crippen LogP contribution in [0.4, 0.5) is 11.4 Å². The Kier molecular flexibility index (Phi) is 5.39. The van der Waals surface area contributed by atoms with Crippen molar-refractivity contribution in [3.8, 4) is 0 Å². The van der Waals surface area contributed by atoms with Gasteiger partial charge in [0.2, 0.25) is 5.91 Å². The van der Waals surface area contributed by atoms with Crippen LogP contribution < -0.4 is 9.62 Å². The first-order chi connectivity index (χ1) is 12.3. The van der Waals surface area contributed by atoms with E-state index in [1.54, 1.807) is 35.2 Å². The van der Waals surface area contributed by atoms with Gasteiger partial charge in [-0.05, 0) is 67.3 Å². The van der Waals surface area contributed by atoms with Gasteiger partial charge in [0.15, 0.2) is 0 Å². The molecule has 0 saturated carbocycles. The summed E-state index contributed by atoms with van der Waals surface area (Å²) in [5.74, 6) is 0.0602. The molecule has 0 bridgehead atoms. The van der Waals surface area contributed by atoms with E-state index in [1.165, 1.54) is 0 Å². The lowest BCUT2D eigenvalue weighted by molar-refractivity contribution is -0.118. The number of hydrogen-bond acceptors (Lipinski definition) is 3. The fraction of sp³-hybridized carbons (Fsp3) is 0.316. The van der Waals surface area contributed by atoms with Crippen LogP contribution in [0, 0.1) is 6.92 Å². The second-order valence-electron chi connectivity index (χ2n) is 6.36. The summed E-state index contributed by atoms with van der Waals surface area (Å²) in [5, 5.41) is 0. The molecule has 5 nitrogen and oxygen atoms in total. The van der Waals surface area contributed by atoms with Crippen LogP contribution in [0.2, 0.25) is 0 Å². The summed E-state index contributed by atoms with van der Waals surface area (Å²) in [6.45, 7) is 4.42. The van der Waals surface area contributed by atoms with E-state index in [0.29, 0.717) is 18.7 Å². The Labute approximate surface area is 162 Å². The molecule has 2 aromatic rings. The predicted octanol–water partition coefficient (Wildman–Crippen LogP) is 4.25. The summed E-state index contributed by atoms with van der Waals surface area (Å²) in [5.41, 5.74) is 3.19. The molecule has 1 amide bonds. The Bertz CT molecular complexity index is 957. The molecular formula is C19H21BrN2O3S. The Balaban J connectivity index is 1.91. The fourth-order valence-electron chi connectivity index (χ4n) is 3.11. The summed E-state index contributed by atoms with van der Waals surface area (Å²) in [4.78, 5) is 14.1. The molecule has 138 valence electrons. The first-order valence-corrected chi connectivity index (χ1v) is 10.8. The van der Waals surface area contributed by atoms with Crippen LogP contribution in [-0.2, 0) is 21.2 Å². The lowest BCUT2D eigenvalue weighted by Gasteiger charge is -2.29. The molecule has 1 heterocycles. The standard InChI is InChI=1S/C19H21BrN2O3S/c1-3-19(23)22-10-4-5-14-12-16(7-9-18(14)22)26(24,25)21-15-6-8-17(20)13(2)11-15/h6-9,11-12,21H,3-5,10H2,1-2H3. The summed E-state index contributed by atoms with van der Waals surface area (Å²) in [6.07, 6.45) is 2.04. The molecular weight excluding hydrogens is 416 g/mol. The second kappa shape index (κ2) is 7.40. The lowest BCUT2D eigenvalue weighted by atomic mass is 10.0. The number of anilines is 2. The van der Waals surface area contributed by atoms with Gasteiger partial charge in [-0.25, -0.2) is 8.42 Å². The van der Waals surface area contributed by atoms with E-state index < -0.39 is 10.0 Å². The number of amides is 1. The SMILES string of the molecule is CCC(=O)N1CCCc2cc(S(=O)(=O)Nc3ccc(Br)c(C)c3)ccc21. The van der Waals surface area contributed by atoms with Crippen LogP contribution in [-0.4, -0.2) is 20.9 Å². The molecule has 0 aromatic heterocycles. The van der Waals surface area contributed by atoms with Gasteiger partial charge < -0.3 is 4.90 Å². The van der Waals surface area contributed by atoms with Gasteiger partial charge in [-0.15, -0.1) is 0 Å². The number of nitrogens with zero attached hydrogens (tertiary/aromatic N) is 1. The highest BCUT2D eigenvalue weighted by Crippen LogP contribution is 2.31. The second-order valence-corrected chi connectivity index (χ2v) is 8.90. The highest BCUT2D eigenvalue weighted by Gasteiger charge is 2.24. The Morgan fingerprint density at radius 3 is 2.69 bits per heavy atom. The number of benzene rings is 2. The minimum atomic E-state index is -3.69. The quantitative estimate of drug-likeness (QED) is 0.778. The molecule has 2 aromatic carbocycles. The number of hydrogen-bond donors (Lipinski definition) is 1. The van der Waals surface area contributed by atoms with Crippen molar-refractivity contribution in [2.45, 2.75) is 38.0 Å². The molecule has 0 saturated heterocycles. The molecule has 1 aliphatic rings. The highest BCUT2D eigenvalue weighted by molar-refractivity contribution is 9.10. The van der Waals surface area contributed by atoms with E-state index >= 15 is 0 Å². The summed E-state index contributed by atoms with van der Waals surface area (Å²) >= 11 is 3.41. The van der Waals surface area contributed by atoms with Crippen LogP contribution in [0.15, 0.2) is 45.8 Å². The number of nitrogens with one attached hydrogen (secondary N) is 1. The molecule has 0 fully saturated rings. The average molecular weight is 437 g/mol. The van der Waals surface area contributed by atoms with Gasteiger partial charge >= 0.3 is 0 Å². The molecule has 0 radical (unpaired) electrons. The maximum atomic E-state index is 12.8. The van der Waals surface area contributed by atoms with Crippen molar-refractivity contribution in [1.82, 2.24) is 0 Å². The minimum absolute atomic E-state index is 0.0602. The van der Waals surface area contributed by atoms with E-state index in [9.17, 15) is 13.2 Å². The monoisotopic (exact) mass is 436 g/mol. The summed E-state index contributed by atoms with van der Waals surface area (Å²) in [7, 11) is -3.69. The Morgan fingerprint density at radius 1 is 1.23 bits per heavy atom. The van der Waals surface area contributed by atoms with E-state index in [-0.39, 0.29) is 10.8 Å². The summed E-state index contributed by atoms with van der Waals surface area (Å²) in [6, 6.07) is 10.3. The van der Waals surface area contributed by atoms with Crippen LogP contribution in [0.3, 0.4) is 0 Å². The number of rotatable bonds is 4. The maximum absolute atomic E-state index is 12.8. The Morgan fingerprint density at radius 2 is 2.00 bits per heavy atom. The van der Waals surface area contributed by atoms with Crippen molar-refractivity contribution in [2.24, 2.45) is 0 Å². The third-order valence-corrected chi connectivity index (χ3v) is 6.76. The molecule has 7 heteroatoms. The first kappa shape index (κ1) is 18.9. The molecule has 1 N–H and O–H groups in total. The third-order valence-electron chi connectivity index (χ3n) is 4.49. The van der Waals surface area contributed by atoms with Crippen LogP contribution >= 0.6 is 15.9 Å². The van der Waals surface area contributed by atoms with Gasteiger partial charge in [0.1, 0.15) is 0 Å². The van der Waals surface area contributed by atoms with Gasteiger partial charge in [-0.1, -0.05) is 22.9 Å². The van der Waals surface area contributed by atoms with Gasteiger partial charge in [0.25, 0.3) is 10.0 Å². The number of aryl methyl sites for hydroxylation is 2. The number of fused-ring (bicyclic) bond motifs is 1. The largest absolute Gasteiger partial charge is 0.312 e. The zero-order valence-corrected chi connectivity index (χ0v) is 17.2. The zero-order valence-electron chi connectivity index (χ0n) is 14.8. The van der Waals surface area contributed by atoms with Crippen LogP contribution in [0.5, 0.6) is 0 Å². The normalized spacial score (nSPS) is 14.0. The highest BCUT2D eigenvalue weighted by atomic mass is 79.9. The minimum Gasteiger partial charge on any atom is -0.312 e. The van der Waals surface area contributed by atoms with Crippen molar-refractivity contribution < 1.29 is 13.2 Å². The van der Waals surface area contributed by atoms with Gasteiger partial charge in [0.05, 0.1) is 4.90 Å². The van der Waals surface area contributed by atoms with E-state index in [2.05, 4.69) is 20.7 Å². The van der Waals surface area contributed by atoms with E-state index in [4.69, 9.17) is 0 Å². The molecule has 3 rings (SSSR count). The van der Waals surface area contributed by atoms with Crippen molar-refractivity contribution in [1.29, 1.82) is 0 Å². The van der Waals surface area contributed by atoms with Gasteiger partial charge in [-0.2, -0.15) is 0 Å². The first-order valence-electron chi connectivity index (χ1n) is 8.54. The van der Waals surface area contributed by atoms with Crippen LogP contribution in [0.1, 0.15) is 30.9 Å². The third kappa shape index (κ3) is 3.78. The number of sulfonamides is 1. The van der Waals surface area contributed by atoms with Crippen molar-refractivity contribution in [2.75, 3.05) is 16.2 Å². The molecule has 1 aliphatic heterocycles. The predicted molar refractivity (Wildman–Crippen MR) is 107 cm³/mol. The fourth-order valence-corrected chi connectivity index (χ4v) is 4.46. The van der Waals surface area contributed by atoms with Gasteiger partial charge in [-0.3, -0.25) is 9.52 Å². The lowest BCUT2D eigenvalue weighted by Crippen LogP contribution is -2.35. The van der Waals surface area contributed by atoms with Crippen molar-refractivity contribution in [3.05, 3.63) is 52.0 Å². The molecule has 0 spiro atoms. The molecule has 0 atom stereocenters.